The second kappa shape index (κ2) is 7.18. The molecule has 0 saturated carbocycles. The van der Waals surface area contributed by atoms with Gasteiger partial charge in [0.15, 0.2) is 0 Å². The number of amides is 1. The van der Waals surface area contributed by atoms with Gasteiger partial charge in [-0.2, -0.15) is 0 Å². The SMILES string of the molecule is COc1cc2c(cc1Cl)/C(=N\[S@@+]([O-])C(C)(C)C)C1(CCN(C(=O)O)CC1)C2. The summed E-state index contributed by atoms with van der Waals surface area (Å²) in [6, 6.07) is 3.76. The van der Waals surface area contributed by atoms with Gasteiger partial charge < -0.3 is 19.3 Å². The highest BCUT2D eigenvalue weighted by Gasteiger charge is 2.48. The van der Waals surface area contributed by atoms with Crippen LogP contribution in [0.25, 0.3) is 0 Å². The van der Waals surface area contributed by atoms with Gasteiger partial charge in [-0.1, -0.05) is 16.0 Å². The van der Waals surface area contributed by atoms with Crippen molar-refractivity contribution in [3.63, 3.8) is 0 Å². The van der Waals surface area contributed by atoms with Crippen LogP contribution in [0, 0.1) is 5.41 Å². The Balaban J connectivity index is 2.06. The molecule has 6 nitrogen and oxygen atoms in total. The number of nitrogens with zero attached hydrogens (tertiary/aromatic N) is 2. The van der Waals surface area contributed by atoms with Gasteiger partial charge in [0, 0.05) is 24.1 Å². The topological polar surface area (TPSA) is 85.2 Å². The van der Waals surface area contributed by atoms with Crippen molar-refractivity contribution < 1.29 is 19.2 Å². The van der Waals surface area contributed by atoms with Gasteiger partial charge in [-0.15, -0.1) is 0 Å². The maximum Gasteiger partial charge on any atom is 0.407 e. The Morgan fingerprint density at radius 1 is 1.37 bits per heavy atom. The van der Waals surface area contributed by atoms with Gasteiger partial charge in [0.1, 0.15) is 27.6 Å². The van der Waals surface area contributed by atoms with Crippen molar-refractivity contribution in [2.75, 3.05) is 20.2 Å². The molecule has 0 aromatic heterocycles. The van der Waals surface area contributed by atoms with Crippen LogP contribution in [0.3, 0.4) is 0 Å². The molecular formula is C19H25ClN2O4S. The highest BCUT2D eigenvalue weighted by molar-refractivity contribution is 7.91. The Bertz CT molecular complexity index is 783. The first-order valence-electron chi connectivity index (χ1n) is 8.93. The summed E-state index contributed by atoms with van der Waals surface area (Å²) in [5.41, 5.74) is 2.44. The molecule has 1 amide bonds. The van der Waals surface area contributed by atoms with Gasteiger partial charge in [0.05, 0.1) is 12.1 Å². The first-order chi connectivity index (χ1) is 12.6. The summed E-state index contributed by atoms with van der Waals surface area (Å²) in [4.78, 5) is 12.7. The Hall–Kier alpha value is -1.44. The molecule has 1 aromatic rings. The molecule has 1 aliphatic heterocycles. The molecule has 1 aliphatic carbocycles. The monoisotopic (exact) mass is 412 g/mol. The van der Waals surface area contributed by atoms with Crippen LogP contribution >= 0.6 is 11.6 Å². The van der Waals surface area contributed by atoms with Crippen molar-refractivity contribution in [2.45, 2.75) is 44.8 Å². The fraction of sp³-hybridized carbons (Fsp3) is 0.579. The number of benzene rings is 1. The average Bonchev–Trinajstić information content (AvgIpc) is 2.86. The molecule has 8 heteroatoms. The number of rotatable bonds is 2. The minimum Gasteiger partial charge on any atom is -0.591 e. The molecule has 1 heterocycles. The molecule has 1 saturated heterocycles. The molecule has 1 N–H and O–H groups in total. The second-order valence-electron chi connectivity index (χ2n) is 8.17. The average molecular weight is 413 g/mol. The number of piperidine rings is 1. The van der Waals surface area contributed by atoms with Crippen LogP contribution in [0.2, 0.25) is 5.02 Å². The largest absolute Gasteiger partial charge is 0.591 e. The van der Waals surface area contributed by atoms with Gasteiger partial charge in [0.2, 0.25) is 0 Å². The first-order valence-corrected chi connectivity index (χ1v) is 10.4. The van der Waals surface area contributed by atoms with E-state index in [4.69, 9.17) is 16.3 Å². The Labute approximate surface area is 167 Å². The van der Waals surface area contributed by atoms with Crippen LogP contribution in [0.1, 0.15) is 44.7 Å². The number of hydrogen-bond donors (Lipinski definition) is 1. The van der Waals surface area contributed by atoms with Crippen LogP contribution in [0.5, 0.6) is 5.75 Å². The normalized spacial score (nSPS) is 21.4. The van der Waals surface area contributed by atoms with E-state index in [-0.39, 0.29) is 5.41 Å². The molecule has 27 heavy (non-hydrogen) atoms. The van der Waals surface area contributed by atoms with E-state index in [0.29, 0.717) is 36.7 Å². The summed E-state index contributed by atoms with van der Waals surface area (Å²) in [5, 5.41) is 9.77. The van der Waals surface area contributed by atoms with E-state index < -0.39 is 22.2 Å². The van der Waals surface area contributed by atoms with Crippen molar-refractivity contribution >= 4 is 34.8 Å². The second-order valence-corrected chi connectivity index (χ2v) is 10.5. The summed E-state index contributed by atoms with van der Waals surface area (Å²) >= 11 is 4.94. The lowest BCUT2D eigenvalue weighted by atomic mass is 9.74. The molecule has 2 aliphatic rings. The number of halogens is 1. The number of likely N-dealkylation sites (tertiary alicyclic amines) is 1. The van der Waals surface area contributed by atoms with E-state index in [2.05, 4.69) is 4.40 Å². The number of fused-ring (bicyclic) bond motifs is 1. The fourth-order valence-corrected chi connectivity index (χ4v) is 4.73. The standard InChI is InChI=1S/C19H25ClN2O4S/c1-18(2,3)27(25)21-16-13-10-14(20)15(26-4)9-12(13)11-19(16)5-7-22(8-6-19)17(23)24/h9-10H,5-8,11H2,1-4H3,(H,23,24)/b21-16+/t27-/m0/s1. The number of methoxy groups -OCH3 is 1. The summed E-state index contributed by atoms with van der Waals surface area (Å²) in [5.74, 6) is 0.603. The molecule has 0 unspecified atom stereocenters. The minimum atomic E-state index is -1.41. The van der Waals surface area contributed by atoms with Gasteiger partial charge in [-0.05, 0) is 57.7 Å². The van der Waals surface area contributed by atoms with E-state index in [1.165, 1.54) is 4.90 Å². The third-order valence-electron chi connectivity index (χ3n) is 5.35. The van der Waals surface area contributed by atoms with E-state index in [1.54, 1.807) is 7.11 Å². The quantitative estimate of drug-likeness (QED) is 0.746. The van der Waals surface area contributed by atoms with E-state index in [1.807, 2.05) is 32.9 Å². The predicted octanol–water partition coefficient (Wildman–Crippen LogP) is 3.92. The zero-order chi connectivity index (χ0) is 20.0. The number of ether oxygens (including phenoxy) is 1. The summed E-state index contributed by atoms with van der Waals surface area (Å²) in [6.45, 7) is 6.56. The van der Waals surface area contributed by atoms with Crippen molar-refractivity contribution in [1.29, 1.82) is 0 Å². The molecule has 148 valence electrons. The maximum atomic E-state index is 12.8. The van der Waals surface area contributed by atoms with Crippen molar-refractivity contribution in [3.8, 4) is 5.75 Å². The lowest BCUT2D eigenvalue weighted by molar-refractivity contribution is 0.115. The van der Waals surface area contributed by atoms with Crippen LogP contribution in [0.15, 0.2) is 16.5 Å². The number of carbonyl (C=O) groups is 1. The van der Waals surface area contributed by atoms with Gasteiger partial charge in [-0.3, -0.25) is 0 Å². The van der Waals surface area contributed by atoms with E-state index in [9.17, 15) is 14.5 Å². The summed E-state index contributed by atoms with van der Waals surface area (Å²) in [6.07, 6.45) is 1.12. The molecule has 0 radical (unpaired) electrons. The first kappa shape index (κ1) is 20.3. The number of carboxylic acid groups (broad SMARTS) is 1. The Morgan fingerprint density at radius 2 is 2.00 bits per heavy atom. The summed E-state index contributed by atoms with van der Waals surface area (Å²) < 4.78 is 22.3. The molecule has 1 spiro atoms. The minimum absolute atomic E-state index is 0.315. The molecule has 1 atom stereocenters. The van der Waals surface area contributed by atoms with Crippen LogP contribution < -0.4 is 4.74 Å². The number of hydrogen-bond acceptors (Lipinski definition) is 4. The van der Waals surface area contributed by atoms with Crippen LogP contribution in [0.4, 0.5) is 4.79 Å². The predicted molar refractivity (Wildman–Crippen MR) is 107 cm³/mol. The lowest BCUT2D eigenvalue weighted by Crippen LogP contribution is -2.45. The smallest absolute Gasteiger partial charge is 0.407 e. The zero-order valence-electron chi connectivity index (χ0n) is 16.0. The van der Waals surface area contributed by atoms with Gasteiger partial charge in [0.25, 0.3) is 0 Å². The van der Waals surface area contributed by atoms with Crippen molar-refractivity contribution in [3.05, 3.63) is 28.3 Å². The lowest BCUT2D eigenvalue weighted by Gasteiger charge is -2.38. The van der Waals surface area contributed by atoms with Crippen LogP contribution in [-0.4, -0.2) is 51.3 Å². The van der Waals surface area contributed by atoms with Crippen LogP contribution in [-0.2, 0) is 17.8 Å². The molecule has 3 rings (SSSR count). The fourth-order valence-electron chi connectivity index (χ4n) is 3.76. The molecular weight excluding hydrogens is 388 g/mol. The van der Waals surface area contributed by atoms with Gasteiger partial charge in [-0.25, -0.2) is 4.79 Å². The van der Waals surface area contributed by atoms with E-state index >= 15 is 0 Å². The third-order valence-corrected chi connectivity index (χ3v) is 7.04. The highest BCUT2D eigenvalue weighted by atomic mass is 35.5. The third kappa shape index (κ3) is 3.77. The van der Waals surface area contributed by atoms with E-state index in [0.717, 1.165) is 23.3 Å². The molecule has 1 aromatic carbocycles. The molecule has 0 bridgehead atoms. The van der Waals surface area contributed by atoms with Gasteiger partial charge >= 0.3 is 6.09 Å². The Morgan fingerprint density at radius 3 is 2.52 bits per heavy atom. The zero-order valence-corrected chi connectivity index (χ0v) is 17.6. The maximum absolute atomic E-state index is 12.8. The Kier molecular flexibility index (Phi) is 5.40. The highest BCUT2D eigenvalue weighted by Crippen LogP contribution is 2.48. The van der Waals surface area contributed by atoms with Crippen molar-refractivity contribution in [2.24, 2.45) is 9.81 Å². The van der Waals surface area contributed by atoms with Crippen molar-refractivity contribution in [1.82, 2.24) is 4.90 Å². The molecule has 1 fully saturated rings. The summed E-state index contributed by atoms with van der Waals surface area (Å²) in [7, 11) is 1.58.